The molecule has 0 aliphatic rings. The molecule has 0 spiro atoms. The smallest absolute Gasteiger partial charge is 0.322 e. The van der Waals surface area contributed by atoms with Gasteiger partial charge in [0.05, 0.1) is 0 Å². The SMILES string of the molecule is O=C(Nc1cccc(C(F)(F)C(F)(F)OC(F)(F)C(F)(F)C(F)(F)OC(F)(F)F)c1)c1cccc2c(Cl)cccc12. The van der Waals surface area contributed by atoms with Crippen molar-refractivity contribution >= 4 is 34.0 Å². The summed E-state index contributed by atoms with van der Waals surface area (Å²) in [4.78, 5) is 12.7. The third-order valence-electron chi connectivity index (χ3n) is 5.19. The van der Waals surface area contributed by atoms with Crippen LogP contribution >= 0.6 is 11.6 Å². The Morgan fingerprint density at radius 3 is 1.80 bits per heavy atom. The van der Waals surface area contributed by atoms with Gasteiger partial charge in [-0.15, -0.1) is 13.2 Å². The van der Waals surface area contributed by atoms with E-state index in [9.17, 15) is 61.9 Å². The minimum atomic E-state index is -7.54. The van der Waals surface area contributed by atoms with E-state index in [0.717, 1.165) is 6.07 Å². The average Bonchev–Trinajstić information content (AvgIpc) is 2.81. The van der Waals surface area contributed by atoms with Crippen molar-refractivity contribution in [2.75, 3.05) is 5.32 Å². The number of ether oxygens (including phenoxy) is 2. The molecule has 0 radical (unpaired) electrons. The topological polar surface area (TPSA) is 47.6 Å². The van der Waals surface area contributed by atoms with Gasteiger partial charge in [0.2, 0.25) is 0 Å². The number of halogens is 14. The Bertz CT molecular complexity index is 1440. The molecule has 0 heterocycles. The molecule has 0 aromatic heterocycles. The Labute approximate surface area is 224 Å². The molecule has 0 unspecified atom stereocenters. The van der Waals surface area contributed by atoms with Crippen LogP contribution in [0.1, 0.15) is 15.9 Å². The first-order valence-corrected chi connectivity index (χ1v) is 10.9. The standard InChI is InChI=1S/C23H11ClF13NO3/c24-16-9-3-6-13-14(16)7-2-8-15(13)17(39)38-12-5-1-4-11(10-12)18(25,26)20(29,30)40-21(31,32)19(27,28)22(33,34)41-23(35,36)37/h1-10H,(H,38,39). The predicted octanol–water partition coefficient (Wildman–Crippen LogP) is 8.80. The van der Waals surface area contributed by atoms with Crippen molar-refractivity contribution < 1.29 is 71.3 Å². The second-order valence-electron chi connectivity index (χ2n) is 8.02. The van der Waals surface area contributed by atoms with E-state index in [0.29, 0.717) is 11.5 Å². The molecular formula is C23H11ClF13NO3. The van der Waals surface area contributed by atoms with Gasteiger partial charge in [0.15, 0.2) is 0 Å². The van der Waals surface area contributed by atoms with Gasteiger partial charge >= 0.3 is 36.5 Å². The molecule has 0 saturated heterocycles. The maximum absolute atomic E-state index is 14.5. The fraction of sp³-hybridized carbons (Fsp3) is 0.261. The molecule has 4 nitrogen and oxygen atoms in total. The highest BCUT2D eigenvalue weighted by Gasteiger charge is 2.80. The van der Waals surface area contributed by atoms with Crippen LogP contribution in [0, 0.1) is 0 Å². The van der Waals surface area contributed by atoms with Gasteiger partial charge in [-0.2, -0.15) is 43.9 Å². The zero-order valence-electron chi connectivity index (χ0n) is 19.3. The molecule has 0 aliphatic heterocycles. The molecule has 3 rings (SSSR count). The van der Waals surface area contributed by atoms with Gasteiger partial charge in [0.1, 0.15) is 0 Å². The number of alkyl halides is 13. The van der Waals surface area contributed by atoms with Crippen molar-refractivity contribution in [2.24, 2.45) is 0 Å². The van der Waals surface area contributed by atoms with Crippen molar-refractivity contribution in [1.82, 2.24) is 0 Å². The molecule has 0 bridgehead atoms. The zero-order chi connectivity index (χ0) is 31.2. The Kier molecular flexibility index (Phi) is 8.25. The number of rotatable bonds is 9. The fourth-order valence-corrected chi connectivity index (χ4v) is 3.53. The molecule has 0 atom stereocenters. The van der Waals surface area contributed by atoms with Crippen LogP contribution in [0.15, 0.2) is 60.7 Å². The van der Waals surface area contributed by atoms with Gasteiger partial charge in [0.25, 0.3) is 5.91 Å². The summed E-state index contributed by atoms with van der Waals surface area (Å²) in [6, 6.07) is 10.3. The van der Waals surface area contributed by atoms with Gasteiger partial charge in [0, 0.05) is 27.2 Å². The number of benzene rings is 3. The van der Waals surface area contributed by atoms with Gasteiger partial charge in [-0.25, -0.2) is 9.47 Å². The van der Waals surface area contributed by atoms with Crippen LogP contribution in [0.25, 0.3) is 10.8 Å². The molecule has 41 heavy (non-hydrogen) atoms. The first-order chi connectivity index (χ1) is 18.5. The molecule has 3 aromatic rings. The van der Waals surface area contributed by atoms with Crippen molar-refractivity contribution in [1.29, 1.82) is 0 Å². The maximum atomic E-state index is 14.5. The van der Waals surface area contributed by atoms with E-state index in [1.54, 1.807) is 4.74 Å². The lowest BCUT2D eigenvalue weighted by Gasteiger charge is -2.35. The molecule has 1 amide bonds. The predicted molar refractivity (Wildman–Crippen MR) is 115 cm³/mol. The first kappa shape index (κ1) is 32.2. The van der Waals surface area contributed by atoms with Crippen LogP contribution < -0.4 is 5.32 Å². The molecule has 1 N–H and O–H groups in total. The summed E-state index contributed by atoms with van der Waals surface area (Å²) in [6.45, 7) is 0. The van der Waals surface area contributed by atoms with Crippen LogP contribution in [0.5, 0.6) is 0 Å². The summed E-state index contributed by atoms with van der Waals surface area (Å²) in [5.41, 5.74) is -2.71. The Hall–Kier alpha value is -3.31. The molecule has 0 aliphatic carbocycles. The highest BCUT2D eigenvalue weighted by atomic mass is 35.5. The lowest BCUT2D eigenvalue weighted by molar-refractivity contribution is -0.535. The summed E-state index contributed by atoms with van der Waals surface area (Å²) in [6.07, 6.45) is -28.0. The Balaban J connectivity index is 1.89. The summed E-state index contributed by atoms with van der Waals surface area (Å²) < 4.78 is 177. The van der Waals surface area contributed by atoms with Gasteiger partial charge < -0.3 is 5.32 Å². The van der Waals surface area contributed by atoms with Crippen LogP contribution in [0.4, 0.5) is 62.8 Å². The number of hydrogen-bond donors (Lipinski definition) is 1. The highest BCUT2D eigenvalue weighted by Crippen LogP contribution is 2.54. The monoisotopic (exact) mass is 631 g/mol. The number of carbonyl (C=O) groups excluding carboxylic acids is 1. The minimum absolute atomic E-state index is 0.0836. The van der Waals surface area contributed by atoms with Gasteiger partial charge in [-0.3, -0.25) is 4.79 Å². The number of fused-ring (bicyclic) bond motifs is 1. The maximum Gasteiger partial charge on any atom is 0.527 e. The molecule has 0 saturated carbocycles. The molecule has 3 aromatic carbocycles. The van der Waals surface area contributed by atoms with Gasteiger partial charge in [-0.05, 0) is 29.7 Å². The Morgan fingerprint density at radius 1 is 0.659 bits per heavy atom. The molecule has 0 fully saturated rings. The van der Waals surface area contributed by atoms with Crippen molar-refractivity contribution in [3.8, 4) is 0 Å². The van der Waals surface area contributed by atoms with E-state index in [2.05, 4.69) is 10.1 Å². The Morgan fingerprint density at radius 2 is 1.20 bits per heavy atom. The number of amides is 1. The van der Waals surface area contributed by atoms with Crippen LogP contribution in [0.2, 0.25) is 5.02 Å². The normalized spacial score (nSPS) is 13.9. The summed E-state index contributed by atoms with van der Waals surface area (Å²) in [5, 5.41) is 2.95. The lowest BCUT2D eigenvalue weighted by atomic mass is 10.0. The molecular weight excluding hydrogens is 621 g/mol. The second-order valence-corrected chi connectivity index (χ2v) is 8.43. The fourth-order valence-electron chi connectivity index (χ4n) is 3.30. The quantitative estimate of drug-likeness (QED) is 0.240. The van der Waals surface area contributed by atoms with Crippen molar-refractivity contribution in [3.05, 3.63) is 76.8 Å². The van der Waals surface area contributed by atoms with Crippen LogP contribution in [-0.4, -0.2) is 36.5 Å². The number of nitrogens with one attached hydrogen (secondary N) is 1. The van der Waals surface area contributed by atoms with Crippen molar-refractivity contribution in [2.45, 2.75) is 36.5 Å². The third kappa shape index (κ3) is 6.30. The summed E-state index contributed by atoms with van der Waals surface area (Å²) in [5.74, 6) is -14.5. The van der Waals surface area contributed by atoms with Gasteiger partial charge in [-0.1, -0.05) is 48.0 Å². The van der Waals surface area contributed by atoms with E-state index in [4.69, 9.17) is 11.6 Å². The minimum Gasteiger partial charge on any atom is -0.322 e. The third-order valence-corrected chi connectivity index (χ3v) is 5.52. The largest absolute Gasteiger partial charge is 0.527 e. The van der Waals surface area contributed by atoms with E-state index in [-0.39, 0.29) is 28.1 Å². The van der Waals surface area contributed by atoms with E-state index in [1.807, 2.05) is 0 Å². The molecule has 224 valence electrons. The number of carbonyl (C=O) groups is 1. The highest BCUT2D eigenvalue weighted by molar-refractivity contribution is 6.36. The van der Waals surface area contributed by atoms with E-state index < -0.39 is 53.7 Å². The lowest BCUT2D eigenvalue weighted by Crippen LogP contribution is -2.61. The van der Waals surface area contributed by atoms with E-state index in [1.165, 1.54) is 36.4 Å². The number of hydrogen-bond acceptors (Lipinski definition) is 3. The average molecular weight is 632 g/mol. The van der Waals surface area contributed by atoms with Crippen molar-refractivity contribution in [3.63, 3.8) is 0 Å². The number of anilines is 1. The summed E-state index contributed by atoms with van der Waals surface area (Å²) in [7, 11) is 0. The zero-order valence-corrected chi connectivity index (χ0v) is 20.0. The summed E-state index contributed by atoms with van der Waals surface area (Å²) >= 11 is 6.04. The molecule has 18 heteroatoms. The second kappa shape index (κ2) is 10.5. The first-order valence-electron chi connectivity index (χ1n) is 10.5. The van der Waals surface area contributed by atoms with Crippen LogP contribution in [-0.2, 0) is 15.4 Å². The van der Waals surface area contributed by atoms with E-state index >= 15 is 0 Å². The van der Waals surface area contributed by atoms with Crippen LogP contribution in [0.3, 0.4) is 0 Å².